The van der Waals surface area contributed by atoms with E-state index >= 15 is 0 Å². The van der Waals surface area contributed by atoms with Crippen molar-refractivity contribution in [2.45, 2.75) is 55.1 Å². The number of carbonyl (C=O) groups excluding carboxylic acids is 1. The van der Waals surface area contributed by atoms with Gasteiger partial charge in [0.15, 0.2) is 5.16 Å². The Hall–Kier alpha value is -2.69. The van der Waals surface area contributed by atoms with Crippen molar-refractivity contribution in [1.29, 1.82) is 0 Å². The number of anilines is 1. The van der Waals surface area contributed by atoms with Gasteiger partial charge in [-0.3, -0.25) is 9.36 Å². The molecule has 2 aromatic carbocycles. The van der Waals surface area contributed by atoms with Gasteiger partial charge in [0.1, 0.15) is 5.82 Å². The minimum atomic E-state index is -3.56. The molecule has 180 valence electrons. The van der Waals surface area contributed by atoms with Crippen LogP contribution in [0.4, 0.5) is 5.69 Å². The van der Waals surface area contributed by atoms with E-state index in [2.05, 4.69) is 15.5 Å². The summed E-state index contributed by atoms with van der Waals surface area (Å²) in [5.41, 5.74) is 1.48. The van der Waals surface area contributed by atoms with Gasteiger partial charge in [-0.1, -0.05) is 49.2 Å². The normalized spacial score (nSPS) is 14.9. The summed E-state index contributed by atoms with van der Waals surface area (Å²) in [5.74, 6) is 0.680. The maximum Gasteiger partial charge on any atom is 0.243 e. The van der Waals surface area contributed by atoms with E-state index in [1.165, 1.54) is 22.5 Å². The molecule has 34 heavy (non-hydrogen) atoms. The molecule has 10 heteroatoms. The third-order valence-corrected chi connectivity index (χ3v) is 8.90. The van der Waals surface area contributed by atoms with Gasteiger partial charge >= 0.3 is 0 Å². The van der Waals surface area contributed by atoms with E-state index in [9.17, 15) is 13.2 Å². The molecule has 0 spiro atoms. The highest BCUT2D eigenvalue weighted by molar-refractivity contribution is 7.99. The van der Waals surface area contributed by atoms with Crippen LogP contribution in [-0.4, -0.2) is 52.2 Å². The molecule has 1 N–H and O–H groups in total. The number of thioether (sulfide) groups is 1. The van der Waals surface area contributed by atoms with Crippen molar-refractivity contribution in [1.82, 2.24) is 19.1 Å². The minimum absolute atomic E-state index is 0.0525. The van der Waals surface area contributed by atoms with Gasteiger partial charge in [0.25, 0.3) is 0 Å². The second-order valence-corrected chi connectivity index (χ2v) is 11.3. The number of aromatic nitrogens is 3. The third kappa shape index (κ3) is 5.51. The van der Waals surface area contributed by atoms with Crippen LogP contribution in [0.25, 0.3) is 5.69 Å². The lowest BCUT2D eigenvalue weighted by molar-refractivity contribution is -0.113. The molecule has 1 saturated carbocycles. The molecule has 0 unspecified atom stereocenters. The Morgan fingerprint density at radius 3 is 2.41 bits per heavy atom. The monoisotopic (exact) mass is 499 g/mol. The van der Waals surface area contributed by atoms with Gasteiger partial charge < -0.3 is 5.32 Å². The van der Waals surface area contributed by atoms with Crippen LogP contribution < -0.4 is 5.32 Å². The van der Waals surface area contributed by atoms with Gasteiger partial charge in [0.2, 0.25) is 15.9 Å². The Kier molecular flexibility index (Phi) is 7.70. The van der Waals surface area contributed by atoms with Gasteiger partial charge in [-0.05, 0) is 56.2 Å². The second kappa shape index (κ2) is 10.7. The molecule has 1 amide bonds. The molecule has 0 saturated heterocycles. The van der Waals surface area contributed by atoms with Crippen LogP contribution in [0.5, 0.6) is 0 Å². The number of para-hydroxylation sites is 1. The Labute approximate surface area is 204 Å². The number of carbonyl (C=O) groups is 1. The number of rotatable bonds is 8. The molecule has 1 aliphatic carbocycles. The van der Waals surface area contributed by atoms with Gasteiger partial charge in [-0.25, -0.2) is 8.42 Å². The van der Waals surface area contributed by atoms with Crippen LogP contribution in [0.2, 0.25) is 0 Å². The first kappa shape index (κ1) is 24.4. The summed E-state index contributed by atoms with van der Waals surface area (Å²) in [4.78, 5) is 12.8. The van der Waals surface area contributed by atoms with Crippen molar-refractivity contribution in [2.24, 2.45) is 0 Å². The Balaban J connectivity index is 1.37. The molecule has 1 heterocycles. The highest BCUT2D eigenvalue weighted by Gasteiger charge is 2.29. The summed E-state index contributed by atoms with van der Waals surface area (Å²) in [6, 6.07) is 16.1. The smallest absolute Gasteiger partial charge is 0.243 e. The van der Waals surface area contributed by atoms with Gasteiger partial charge in [-0.15, -0.1) is 10.2 Å². The second-order valence-electron chi connectivity index (χ2n) is 8.38. The quantitative estimate of drug-likeness (QED) is 0.465. The molecule has 0 radical (unpaired) electrons. The first-order valence-corrected chi connectivity index (χ1v) is 13.8. The highest BCUT2D eigenvalue weighted by atomic mass is 32.2. The van der Waals surface area contributed by atoms with Crippen LogP contribution in [0, 0.1) is 6.92 Å². The topological polar surface area (TPSA) is 97.2 Å². The van der Waals surface area contributed by atoms with Crippen LogP contribution >= 0.6 is 11.8 Å². The van der Waals surface area contributed by atoms with Crippen molar-refractivity contribution in [3.8, 4) is 5.69 Å². The number of amides is 1. The molecule has 3 aromatic rings. The first-order valence-electron chi connectivity index (χ1n) is 11.3. The van der Waals surface area contributed by atoms with E-state index in [1.807, 2.05) is 41.8 Å². The molecule has 0 bridgehead atoms. The van der Waals surface area contributed by atoms with Gasteiger partial charge in [0, 0.05) is 24.5 Å². The fraction of sp³-hybridized carbons (Fsp3) is 0.375. The van der Waals surface area contributed by atoms with Gasteiger partial charge in [0.05, 0.1) is 10.6 Å². The van der Waals surface area contributed by atoms with Crippen LogP contribution in [0.15, 0.2) is 64.6 Å². The van der Waals surface area contributed by atoms with E-state index in [0.29, 0.717) is 10.8 Å². The number of aryl methyl sites for hydroxylation is 1. The maximum absolute atomic E-state index is 13.0. The SMILES string of the molecule is Cc1nnc(SCC(=O)Nc2ccc(S(=O)(=O)N(C)C3CCCCC3)cc2)n1-c1ccccc1. The molecule has 1 aliphatic rings. The molecule has 8 nitrogen and oxygen atoms in total. The molecule has 0 atom stereocenters. The molecule has 0 aliphatic heterocycles. The van der Waals surface area contributed by atoms with Crippen LogP contribution in [0.3, 0.4) is 0 Å². The maximum atomic E-state index is 13.0. The summed E-state index contributed by atoms with van der Waals surface area (Å²) in [5, 5.41) is 11.8. The zero-order valence-corrected chi connectivity index (χ0v) is 21.0. The summed E-state index contributed by atoms with van der Waals surface area (Å²) < 4.78 is 29.4. The lowest BCUT2D eigenvalue weighted by atomic mass is 9.96. The minimum Gasteiger partial charge on any atom is -0.325 e. The number of hydrogen-bond donors (Lipinski definition) is 1. The number of sulfonamides is 1. The largest absolute Gasteiger partial charge is 0.325 e. The van der Waals surface area contributed by atoms with E-state index < -0.39 is 10.0 Å². The van der Waals surface area contributed by atoms with E-state index in [4.69, 9.17) is 0 Å². The first-order chi connectivity index (χ1) is 16.4. The zero-order chi connectivity index (χ0) is 24.1. The van der Waals surface area contributed by atoms with Crippen molar-refractivity contribution >= 4 is 33.4 Å². The Bertz CT molecular complexity index is 1220. The van der Waals surface area contributed by atoms with E-state index in [0.717, 1.165) is 37.2 Å². The average Bonchev–Trinajstić information content (AvgIpc) is 3.24. The number of nitrogens with one attached hydrogen (secondary N) is 1. The van der Waals surface area contributed by atoms with Crippen molar-refractivity contribution in [2.75, 3.05) is 18.1 Å². The van der Waals surface area contributed by atoms with Crippen molar-refractivity contribution < 1.29 is 13.2 Å². The molecular formula is C24H29N5O3S2. The summed E-state index contributed by atoms with van der Waals surface area (Å²) in [6.07, 6.45) is 5.10. The van der Waals surface area contributed by atoms with Crippen molar-refractivity contribution in [3.05, 3.63) is 60.4 Å². The Morgan fingerprint density at radius 1 is 1.06 bits per heavy atom. The van der Waals surface area contributed by atoms with Crippen LogP contribution in [0.1, 0.15) is 37.9 Å². The summed E-state index contributed by atoms with van der Waals surface area (Å²) in [6.45, 7) is 1.87. The predicted molar refractivity (Wildman–Crippen MR) is 134 cm³/mol. The standard InChI is InChI=1S/C24H29N5O3S2/c1-18-26-27-24(29(18)21-11-7-4-8-12-21)33-17-23(30)25-19-13-15-22(16-14-19)34(31,32)28(2)20-9-5-3-6-10-20/h4,7-8,11-16,20H,3,5-6,9-10,17H2,1-2H3,(H,25,30). The zero-order valence-electron chi connectivity index (χ0n) is 19.3. The third-order valence-electron chi connectivity index (χ3n) is 6.05. The molecule has 1 fully saturated rings. The Morgan fingerprint density at radius 2 is 1.74 bits per heavy atom. The molecular weight excluding hydrogens is 470 g/mol. The van der Waals surface area contributed by atoms with E-state index in [1.54, 1.807) is 31.3 Å². The molecule has 4 rings (SSSR count). The van der Waals surface area contributed by atoms with Crippen LogP contribution in [-0.2, 0) is 14.8 Å². The predicted octanol–water partition coefficient (Wildman–Crippen LogP) is 4.26. The lowest BCUT2D eigenvalue weighted by Gasteiger charge is -2.30. The fourth-order valence-corrected chi connectivity index (χ4v) is 6.37. The number of nitrogens with zero attached hydrogens (tertiary/aromatic N) is 4. The number of benzene rings is 2. The van der Waals surface area contributed by atoms with E-state index in [-0.39, 0.29) is 22.6 Å². The highest BCUT2D eigenvalue weighted by Crippen LogP contribution is 2.27. The molecule has 1 aromatic heterocycles. The summed E-state index contributed by atoms with van der Waals surface area (Å²) >= 11 is 1.29. The van der Waals surface area contributed by atoms with Crippen molar-refractivity contribution in [3.63, 3.8) is 0 Å². The number of hydrogen-bond acceptors (Lipinski definition) is 6. The summed E-state index contributed by atoms with van der Waals surface area (Å²) in [7, 11) is -1.90. The van der Waals surface area contributed by atoms with Gasteiger partial charge in [-0.2, -0.15) is 4.31 Å². The average molecular weight is 500 g/mol. The lowest BCUT2D eigenvalue weighted by Crippen LogP contribution is -2.38. The fourth-order valence-electron chi connectivity index (χ4n) is 4.16.